The number of nitrogens with two attached hydrogens (primary N) is 6. The van der Waals surface area contributed by atoms with Crippen LogP contribution in [-0.2, 0) is 65.6 Å². The Morgan fingerprint density at radius 3 is 1.54 bits per heavy atom. The van der Waals surface area contributed by atoms with E-state index >= 15 is 4.79 Å². The van der Waals surface area contributed by atoms with Crippen LogP contribution in [-0.4, -0.2) is 189 Å². The summed E-state index contributed by atoms with van der Waals surface area (Å²) in [6, 6.07) is 0.635. The number of aliphatic hydroxyl groups excluding tert-OH is 1. The summed E-state index contributed by atoms with van der Waals surface area (Å²) in [6.07, 6.45) is -0.0963. The molecule has 514 valence electrons. The predicted molar refractivity (Wildman–Crippen MR) is 350 cm³/mol. The van der Waals surface area contributed by atoms with Crippen LogP contribution in [0, 0.1) is 11.8 Å². The first-order valence-corrected chi connectivity index (χ1v) is 31.3. The van der Waals surface area contributed by atoms with Crippen LogP contribution in [0.15, 0.2) is 70.8 Å². The normalized spacial score (nSPS) is 15.0. The van der Waals surface area contributed by atoms with E-state index in [0.717, 1.165) is 0 Å². The number of amides is 9. The molecule has 3 aromatic rings. The number of aliphatic imine (C=N–C) groups is 2. The number of rotatable bonds is 42. The summed E-state index contributed by atoms with van der Waals surface area (Å²) in [5.41, 5.74) is 35.6. The minimum Gasteiger partial charge on any atom is -0.481 e. The summed E-state index contributed by atoms with van der Waals surface area (Å²) < 4.78 is 0. The predicted octanol–water partition coefficient (Wildman–Crippen LogP) is -3.55. The van der Waals surface area contributed by atoms with Crippen LogP contribution in [0.5, 0.6) is 0 Å². The molecule has 0 aliphatic carbocycles. The molecule has 0 unspecified atom stereocenters. The van der Waals surface area contributed by atoms with E-state index in [2.05, 4.69) is 75.4 Å². The van der Waals surface area contributed by atoms with Crippen molar-refractivity contribution in [1.82, 2.24) is 52.8 Å². The van der Waals surface area contributed by atoms with Crippen molar-refractivity contribution in [2.75, 3.05) is 25.4 Å². The van der Waals surface area contributed by atoms with Crippen molar-refractivity contribution in [2.24, 2.45) is 56.2 Å². The summed E-state index contributed by atoms with van der Waals surface area (Å²) in [7, 11) is 0. The van der Waals surface area contributed by atoms with Gasteiger partial charge in [0.05, 0.1) is 18.6 Å². The maximum atomic E-state index is 15.0. The Morgan fingerprint density at radius 1 is 0.538 bits per heavy atom. The maximum absolute atomic E-state index is 15.0. The van der Waals surface area contributed by atoms with Gasteiger partial charge in [0.15, 0.2) is 11.9 Å². The molecule has 2 aromatic carbocycles. The second-order valence-electron chi connectivity index (χ2n) is 22.9. The van der Waals surface area contributed by atoms with Crippen LogP contribution in [0.3, 0.4) is 0 Å². The second-order valence-corrected chi connectivity index (χ2v) is 23.2. The lowest BCUT2D eigenvalue weighted by Crippen LogP contribution is -2.62. The first-order chi connectivity index (χ1) is 44.0. The third kappa shape index (κ3) is 27.0. The number of hydrogen-bond donors (Lipinski definition) is 20. The first-order valence-electron chi connectivity index (χ1n) is 30.6. The number of carboxylic acids is 2. The van der Waals surface area contributed by atoms with Gasteiger partial charge < -0.3 is 103 Å². The Bertz CT molecular complexity index is 3050. The van der Waals surface area contributed by atoms with Gasteiger partial charge in [0.25, 0.3) is 0 Å². The number of hydrogen-bond acceptors (Lipinski definition) is 17. The fourth-order valence-electron chi connectivity index (χ4n) is 9.55. The molecule has 0 radical (unpaired) electrons. The van der Waals surface area contributed by atoms with Gasteiger partial charge in [0, 0.05) is 48.8 Å². The number of nitrogens with zero attached hydrogens (tertiary/aromatic N) is 2. The summed E-state index contributed by atoms with van der Waals surface area (Å²) in [5, 5.41) is 53.9. The molecule has 1 heterocycles. The molecule has 0 aliphatic rings. The van der Waals surface area contributed by atoms with Crippen LogP contribution < -0.4 is 82.3 Å². The Balaban J connectivity index is 2.09. The van der Waals surface area contributed by atoms with Gasteiger partial charge in [0.1, 0.15) is 54.4 Å². The quantitative estimate of drug-likeness (QED) is 0.0113. The molecule has 33 heteroatoms. The molecule has 12 atom stereocenters. The number of unbranched alkanes of at least 4 members (excludes halogenated alkanes) is 1. The fourth-order valence-corrected chi connectivity index (χ4v) is 9.80. The number of carbonyl (C=O) groups is 11. The highest BCUT2D eigenvalue weighted by atomic mass is 32.1. The van der Waals surface area contributed by atoms with Crippen LogP contribution in [0.4, 0.5) is 0 Å². The Labute approximate surface area is 544 Å². The van der Waals surface area contributed by atoms with Gasteiger partial charge in [-0.05, 0) is 81.0 Å². The standard InChI is InChI=1S/C60H94N18O14S/c1-6-32(4)47(77-54(87)41(26-34-16-8-7-9-17-34)73-50(83)39(21-14-24-67-59(63)64)70-53(86)43(28-45(80)81)72-49(82)37(62)19-12-13-23-61)56(89)74-42(27-35-29-69-38-20-11-10-18-36(35)38)52(85)71-40(22-15-25-68-60(65)66)51(84)78-48(33(5)79)57(90)76-46(31(2)3)55(88)75-44(30-93)58(91)92/h7-11,16-18,20,29,31-33,37,39-44,46-48,69,79,93H,6,12-15,19,21-28,30,61-62H2,1-5H3,(H,70,86)(H,71,85)(H,72,82)(H,73,83)(H,74,89)(H,75,88)(H,76,90)(H,77,87)(H,78,84)(H,80,81)(H,91,92)(H4,63,64,67)(H4,65,66,68)/t32-,33+,37-,39-,40-,41-,42-,43-,44-,46-,47-,48-/m0/s1. The highest BCUT2D eigenvalue weighted by Crippen LogP contribution is 2.21. The molecular formula is C60H94N18O14S. The SMILES string of the molecule is CC[C@H](C)[C@H](NC(=O)[C@H](Cc1ccccc1)NC(=O)[C@H](CCCN=C(N)N)NC(=O)[C@H](CC(=O)O)NC(=O)[C@@H](N)CCCCN)C(=O)N[C@@H](Cc1c[nH]c2ccccc12)C(=O)N[C@@H](CCCN=C(N)N)C(=O)N[C@H](C(=O)N[C@H](C(=O)N[C@@H](CS)C(=O)O)C(C)C)[C@@H](C)O. The number of nitrogens with one attached hydrogen (secondary N) is 10. The van der Waals surface area contributed by atoms with E-state index in [1.54, 1.807) is 88.5 Å². The summed E-state index contributed by atoms with van der Waals surface area (Å²) >= 11 is 3.98. The van der Waals surface area contributed by atoms with Crippen LogP contribution >= 0.6 is 12.6 Å². The number of para-hydroxylation sites is 1. The van der Waals surface area contributed by atoms with E-state index in [1.165, 1.54) is 6.92 Å². The van der Waals surface area contributed by atoms with Gasteiger partial charge in [-0.25, -0.2) is 4.79 Å². The van der Waals surface area contributed by atoms with Crippen molar-refractivity contribution in [3.8, 4) is 0 Å². The molecule has 1 aromatic heterocycles. The first kappa shape index (κ1) is 78.2. The van der Waals surface area contributed by atoms with Gasteiger partial charge in [-0.1, -0.05) is 89.1 Å². The molecular weight excluding hydrogens is 1230 g/mol. The van der Waals surface area contributed by atoms with Gasteiger partial charge >= 0.3 is 11.9 Å². The zero-order valence-electron chi connectivity index (χ0n) is 53.0. The lowest BCUT2D eigenvalue weighted by Gasteiger charge is -2.30. The largest absolute Gasteiger partial charge is 0.481 e. The van der Waals surface area contributed by atoms with E-state index in [0.29, 0.717) is 41.4 Å². The highest BCUT2D eigenvalue weighted by molar-refractivity contribution is 7.80. The summed E-state index contributed by atoms with van der Waals surface area (Å²) in [4.78, 5) is 163. The Morgan fingerprint density at radius 2 is 1.00 bits per heavy atom. The fraction of sp³-hybridized carbons (Fsp3) is 0.550. The molecule has 0 saturated heterocycles. The minimum atomic E-state index is -1.77. The lowest BCUT2D eigenvalue weighted by atomic mass is 9.96. The molecule has 93 heavy (non-hydrogen) atoms. The number of carbonyl (C=O) groups excluding carboxylic acids is 9. The van der Waals surface area contributed by atoms with Gasteiger partial charge in [0.2, 0.25) is 53.2 Å². The third-order valence-electron chi connectivity index (χ3n) is 15.0. The van der Waals surface area contributed by atoms with E-state index in [4.69, 9.17) is 34.4 Å². The van der Waals surface area contributed by atoms with E-state index in [-0.39, 0.29) is 82.1 Å². The van der Waals surface area contributed by atoms with Gasteiger partial charge in [-0.3, -0.25) is 57.9 Å². The van der Waals surface area contributed by atoms with Crippen molar-refractivity contribution >= 4 is 101 Å². The zero-order chi connectivity index (χ0) is 69.5. The number of thiol groups is 1. The van der Waals surface area contributed by atoms with E-state index in [9.17, 15) is 63.3 Å². The molecule has 0 bridgehead atoms. The van der Waals surface area contributed by atoms with Crippen molar-refractivity contribution in [1.29, 1.82) is 0 Å². The Hall–Kier alpha value is -9.08. The number of fused-ring (bicyclic) bond motifs is 1. The number of aliphatic carboxylic acids is 2. The lowest BCUT2D eigenvalue weighted by molar-refractivity contribution is -0.142. The molecule has 9 amide bonds. The van der Waals surface area contributed by atoms with Crippen molar-refractivity contribution in [3.63, 3.8) is 0 Å². The molecule has 0 saturated carbocycles. The van der Waals surface area contributed by atoms with Crippen molar-refractivity contribution < 1.29 is 68.1 Å². The number of aromatic amines is 1. The molecule has 0 fully saturated rings. The minimum absolute atomic E-state index is 0.0254. The smallest absolute Gasteiger partial charge is 0.327 e. The molecule has 0 spiro atoms. The number of carboxylic acid groups (broad SMARTS) is 2. The molecule has 0 aliphatic heterocycles. The topological polar surface area (TPSA) is 553 Å². The Kier molecular flexibility index (Phi) is 33.6. The van der Waals surface area contributed by atoms with Crippen LogP contribution in [0.25, 0.3) is 10.9 Å². The number of aliphatic hydroxyl groups is 1. The van der Waals surface area contributed by atoms with Crippen molar-refractivity contribution in [3.05, 3.63) is 71.9 Å². The highest BCUT2D eigenvalue weighted by Gasteiger charge is 2.38. The number of aromatic nitrogens is 1. The van der Waals surface area contributed by atoms with E-state index in [1.807, 2.05) is 0 Å². The van der Waals surface area contributed by atoms with E-state index < -0.39 is 150 Å². The average molecular weight is 1320 g/mol. The monoisotopic (exact) mass is 1320 g/mol. The third-order valence-corrected chi connectivity index (χ3v) is 15.4. The number of H-pyrrole nitrogens is 1. The summed E-state index contributed by atoms with van der Waals surface area (Å²) in [6.45, 7) is 7.99. The summed E-state index contributed by atoms with van der Waals surface area (Å²) in [5.74, 6) is -13.5. The zero-order valence-corrected chi connectivity index (χ0v) is 53.9. The van der Waals surface area contributed by atoms with Gasteiger partial charge in [-0.2, -0.15) is 12.6 Å². The second kappa shape index (κ2) is 40.0. The molecule has 3 rings (SSSR count). The number of guanidine groups is 2. The van der Waals surface area contributed by atoms with Crippen LogP contribution in [0.2, 0.25) is 0 Å². The van der Waals surface area contributed by atoms with Gasteiger partial charge in [-0.15, -0.1) is 0 Å². The average Bonchev–Trinajstić information content (AvgIpc) is 1.80. The van der Waals surface area contributed by atoms with Crippen LogP contribution in [0.1, 0.15) is 104 Å². The molecule has 32 nitrogen and oxygen atoms in total. The maximum Gasteiger partial charge on any atom is 0.327 e. The van der Waals surface area contributed by atoms with Crippen molar-refractivity contribution in [2.45, 2.75) is 172 Å². The number of benzene rings is 2. The molecule has 25 N–H and O–H groups in total.